The van der Waals surface area contributed by atoms with Crippen molar-refractivity contribution in [2.24, 2.45) is 0 Å². The number of nitrogens with one attached hydrogen (secondary N) is 1. The van der Waals surface area contributed by atoms with Gasteiger partial charge in [0.2, 0.25) is 0 Å². The van der Waals surface area contributed by atoms with Crippen molar-refractivity contribution >= 4 is 5.91 Å². The van der Waals surface area contributed by atoms with Crippen LogP contribution in [0.5, 0.6) is 0 Å². The van der Waals surface area contributed by atoms with Gasteiger partial charge in [0.15, 0.2) is 0 Å². The lowest BCUT2D eigenvalue weighted by molar-refractivity contribution is 0.0736. The number of aromatic amines is 1. The molecule has 25 heavy (non-hydrogen) atoms. The highest BCUT2D eigenvalue weighted by atomic mass is 16.2. The van der Waals surface area contributed by atoms with Crippen LogP contribution in [0, 0.1) is 6.92 Å². The van der Waals surface area contributed by atoms with E-state index in [0.717, 1.165) is 22.5 Å². The number of pyridine rings is 1. The van der Waals surface area contributed by atoms with E-state index < -0.39 is 0 Å². The summed E-state index contributed by atoms with van der Waals surface area (Å²) in [6, 6.07) is 15.7. The predicted octanol–water partition coefficient (Wildman–Crippen LogP) is 3.48. The highest BCUT2D eigenvalue weighted by molar-refractivity contribution is 5.95. The second kappa shape index (κ2) is 7.30. The number of aromatic nitrogens is 3. The average Bonchev–Trinajstić information content (AvgIpc) is 3.03. The zero-order valence-corrected chi connectivity index (χ0v) is 14.7. The Balaban J connectivity index is 1.78. The van der Waals surface area contributed by atoms with E-state index in [0.29, 0.717) is 12.1 Å². The maximum atomic E-state index is 12.9. The number of benzene rings is 1. The van der Waals surface area contributed by atoms with Crippen LogP contribution >= 0.6 is 0 Å². The molecule has 5 nitrogen and oxygen atoms in total. The fourth-order valence-electron chi connectivity index (χ4n) is 2.82. The van der Waals surface area contributed by atoms with E-state index in [1.807, 2.05) is 69.4 Å². The van der Waals surface area contributed by atoms with Crippen LogP contribution in [0.1, 0.15) is 28.7 Å². The minimum atomic E-state index is -0.0596. The van der Waals surface area contributed by atoms with Gasteiger partial charge in [0, 0.05) is 42.5 Å². The van der Waals surface area contributed by atoms with Gasteiger partial charge in [0.1, 0.15) is 5.69 Å². The predicted molar refractivity (Wildman–Crippen MR) is 98.3 cm³/mol. The third-order valence-electron chi connectivity index (χ3n) is 4.48. The number of hydrogen-bond acceptors (Lipinski definition) is 3. The lowest BCUT2D eigenvalue weighted by atomic mass is 10.1. The molecule has 0 spiro atoms. The number of nitrogens with zero attached hydrogens (tertiary/aromatic N) is 3. The van der Waals surface area contributed by atoms with Gasteiger partial charge in [-0.3, -0.25) is 14.9 Å². The van der Waals surface area contributed by atoms with Crippen LogP contribution < -0.4 is 0 Å². The van der Waals surface area contributed by atoms with Crippen LogP contribution in [0.2, 0.25) is 0 Å². The Hall–Kier alpha value is -2.95. The van der Waals surface area contributed by atoms with E-state index >= 15 is 0 Å². The molecule has 1 aromatic carbocycles. The summed E-state index contributed by atoms with van der Waals surface area (Å²) in [6.45, 7) is 3.95. The first kappa shape index (κ1) is 16.9. The van der Waals surface area contributed by atoms with Crippen LogP contribution in [-0.2, 0) is 6.42 Å². The molecule has 0 saturated heterocycles. The van der Waals surface area contributed by atoms with Crippen molar-refractivity contribution in [2.45, 2.75) is 26.3 Å². The van der Waals surface area contributed by atoms with Gasteiger partial charge in [-0.2, -0.15) is 5.10 Å². The first-order valence-electron chi connectivity index (χ1n) is 8.35. The molecule has 1 amide bonds. The highest BCUT2D eigenvalue weighted by Gasteiger charge is 2.23. The first-order valence-corrected chi connectivity index (χ1v) is 8.35. The number of carbonyl (C=O) groups excluding carboxylic acids is 1. The largest absolute Gasteiger partial charge is 0.337 e. The first-order chi connectivity index (χ1) is 12.1. The normalized spacial score (nSPS) is 12.0. The van der Waals surface area contributed by atoms with Crippen LogP contribution in [0.15, 0.2) is 54.7 Å². The molecule has 1 N–H and O–H groups in total. The Morgan fingerprint density at radius 1 is 1.16 bits per heavy atom. The summed E-state index contributed by atoms with van der Waals surface area (Å²) in [5.41, 5.74) is 4.19. The molecule has 0 unspecified atom stereocenters. The molecule has 3 rings (SSSR count). The third-order valence-corrected chi connectivity index (χ3v) is 4.48. The van der Waals surface area contributed by atoms with Gasteiger partial charge in [-0.05, 0) is 26.0 Å². The molecule has 2 aromatic heterocycles. The minimum Gasteiger partial charge on any atom is -0.337 e. The smallest absolute Gasteiger partial charge is 0.272 e. The SMILES string of the molecule is Cc1c(-c2ccccc2)n[nH]c1C(=O)N(C)[C@@H](C)Cc1ccccn1. The Bertz CT molecular complexity index is 843. The van der Waals surface area contributed by atoms with Crippen LogP contribution in [0.25, 0.3) is 11.3 Å². The van der Waals surface area contributed by atoms with Crippen molar-refractivity contribution in [1.29, 1.82) is 0 Å². The van der Waals surface area contributed by atoms with Crippen molar-refractivity contribution < 1.29 is 4.79 Å². The number of amides is 1. The van der Waals surface area contributed by atoms with E-state index in [1.165, 1.54) is 0 Å². The molecule has 2 heterocycles. The maximum Gasteiger partial charge on any atom is 0.272 e. The molecule has 0 aliphatic rings. The highest BCUT2D eigenvalue weighted by Crippen LogP contribution is 2.23. The Morgan fingerprint density at radius 2 is 1.88 bits per heavy atom. The van der Waals surface area contributed by atoms with Crippen molar-refractivity contribution in [3.8, 4) is 11.3 Å². The molecule has 3 aromatic rings. The Morgan fingerprint density at radius 3 is 2.56 bits per heavy atom. The summed E-state index contributed by atoms with van der Waals surface area (Å²) in [5.74, 6) is -0.0596. The number of hydrogen-bond donors (Lipinski definition) is 1. The summed E-state index contributed by atoms with van der Waals surface area (Å²) in [7, 11) is 1.82. The van der Waals surface area contributed by atoms with Crippen LogP contribution in [0.4, 0.5) is 0 Å². The van der Waals surface area contributed by atoms with Gasteiger partial charge in [0.05, 0.1) is 5.69 Å². The number of likely N-dealkylation sites (N-methyl/N-ethyl adjacent to an activating group) is 1. The van der Waals surface area contributed by atoms with Crippen molar-refractivity contribution in [3.05, 3.63) is 71.7 Å². The van der Waals surface area contributed by atoms with E-state index in [1.54, 1.807) is 11.1 Å². The molecule has 0 aliphatic carbocycles. The average molecular weight is 334 g/mol. The Kier molecular flexibility index (Phi) is 4.93. The zero-order chi connectivity index (χ0) is 17.8. The molecular formula is C20H22N4O. The molecule has 1 atom stereocenters. The number of H-pyrrole nitrogens is 1. The summed E-state index contributed by atoms with van der Waals surface area (Å²) in [6.07, 6.45) is 2.48. The second-order valence-corrected chi connectivity index (χ2v) is 6.23. The van der Waals surface area contributed by atoms with Crippen LogP contribution in [0.3, 0.4) is 0 Å². The van der Waals surface area contributed by atoms with Gasteiger partial charge in [-0.1, -0.05) is 36.4 Å². The standard InChI is InChI=1S/C20H22N4O/c1-14(13-17-11-7-8-12-21-17)24(3)20(25)19-15(2)18(22-23-19)16-9-5-4-6-10-16/h4-12,14H,13H2,1-3H3,(H,22,23)/t14-/m0/s1. The van der Waals surface area contributed by atoms with E-state index in [9.17, 15) is 4.79 Å². The fourth-order valence-corrected chi connectivity index (χ4v) is 2.82. The number of carbonyl (C=O) groups is 1. The van der Waals surface area contributed by atoms with E-state index in [-0.39, 0.29) is 11.9 Å². The van der Waals surface area contributed by atoms with Crippen molar-refractivity contribution in [3.63, 3.8) is 0 Å². The quantitative estimate of drug-likeness (QED) is 0.777. The molecule has 5 heteroatoms. The monoisotopic (exact) mass is 334 g/mol. The van der Waals surface area contributed by atoms with Crippen LogP contribution in [-0.4, -0.2) is 39.1 Å². The third kappa shape index (κ3) is 3.60. The van der Waals surface area contributed by atoms with Gasteiger partial charge < -0.3 is 4.90 Å². The lowest BCUT2D eigenvalue weighted by Crippen LogP contribution is -2.37. The lowest BCUT2D eigenvalue weighted by Gasteiger charge is -2.24. The summed E-state index contributed by atoms with van der Waals surface area (Å²) in [5, 5.41) is 7.26. The second-order valence-electron chi connectivity index (χ2n) is 6.23. The zero-order valence-electron chi connectivity index (χ0n) is 14.7. The molecule has 0 bridgehead atoms. The molecular weight excluding hydrogens is 312 g/mol. The summed E-state index contributed by atoms with van der Waals surface area (Å²) < 4.78 is 0. The van der Waals surface area contributed by atoms with E-state index in [2.05, 4.69) is 15.2 Å². The molecule has 0 fully saturated rings. The topological polar surface area (TPSA) is 61.9 Å². The van der Waals surface area contributed by atoms with Gasteiger partial charge in [-0.15, -0.1) is 0 Å². The molecule has 128 valence electrons. The number of rotatable bonds is 5. The van der Waals surface area contributed by atoms with E-state index in [4.69, 9.17) is 0 Å². The molecule has 0 radical (unpaired) electrons. The minimum absolute atomic E-state index is 0.0327. The Labute approximate surface area is 147 Å². The molecule has 0 saturated carbocycles. The van der Waals surface area contributed by atoms with Crippen molar-refractivity contribution in [2.75, 3.05) is 7.05 Å². The fraction of sp³-hybridized carbons (Fsp3) is 0.250. The van der Waals surface area contributed by atoms with Gasteiger partial charge in [-0.25, -0.2) is 0 Å². The van der Waals surface area contributed by atoms with Crippen molar-refractivity contribution in [1.82, 2.24) is 20.1 Å². The van der Waals surface area contributed by atoms with Gasteiger partial charge in [0.25, 0.3) is 5.91 Å². The van der Waals surface area contributed by atoms with Gasteiger partial charge >= 0.3 is 0 Å². The molecule has 0 aliphatic heterocycles. The summed E-state index contributed by atoms with van der Waals surface area (Å²) in [4.78, 5) is 19.0. The summed E-state index contributed by atoms with van der Waals surface area (Å²) >= 11 is 0. The maximum absolute atomic E-state index is 12.9.